The highest BCUT2D eigenvalue weighted by Gasteiger charge is 2.31. The van der Waals surface area contributed by atoms with Gasteiger partial charge in [-0.1, -0.05) is 59.7 Å². The van der Waals surface area contributed by atoms with Crippen molar-refractivity contribution in [2.75, 3.05) is 22.1 Å². The number of sulfonamides is 2. The average Bonchev–Trinajstić information content (AvgIpc) is 2.87. The first-order valence-electron chi connectivity index (χ1n) is 12.4. The van der Waals surface area contributed by atoms with E-state index in [9.17, 15) is 26.7 Å². The quantitative estimate of drug-likeness (QED) is 0.357. The van der Waals surface area contributed by atoms with Crippen LogP contribution < -0.4 is 8.61 Å². The number of aliphatic carboxylic acids is 1. The van der Waals surface area contributed by atoms with E-state index in [1.807, 2.05) is 0 Å². The summed E-state index contributed by atoms with van der Waals surface area (Å²) in [5.74, 6) is -1.77. The molecule has 4 aromatic rings. The molecule has 0 aliphatic heterocycles. The van der Waals surface area contributed by atoms with E-state index in [-0.39, 0.29) is 36.4 Å². The van der Waals surface area contributed by atoms with Crippen molar-refractivity contribution >= 4 is 48.3 Å². The van der Waals surface area contributed by atoms with Crippen molar-refractivity contribution in [3.8, 4) is 0 Å². The van der Waals surface area contributed by atoms with Crippen LogP contribution in [0, 0.1) is 13.8 Å². The molecule has 0 spiro atoms. The molecule has 0 fully saturated rings. The molecule has 0 amide bonds. The fraction of sp³-hybridized carbons (Fsp3) is 0.154. The molecule has 11 heteroatoms. The van der Waals surface area contributed by atoms with Gasteiger partial charge in [-0.2, -0.15) is 0 Å². The maximum atomic E-state index is 13.6. The molecular formula is C26H25N3O6S2. The van der Waals surface area contributed by atoms with Crippen LogP contribution in [0.3, 0.4) is 0 Å². The van der Waals surface area contributed by atoms with Gasteiger partial charge in [-0.3, -0.25) is 9.10 Å². The largest absolute Gasteiger partial charge is 0.480 e. The molecule has 1 N–H and O–H groups in total. The number of rotatable bonds is 8. The van der Waals surface area contributed by atoms with Crippen molar-refractivity contribution in [3.63, 3.8) is 0 Å². The highest BCUT2D eigenvalue weighted by atomic mass is 32.2. The van der Waals surface area contributed by atoms with Gasteiger partial charge in [0.1, 0.15) is 6.54 Å². The van der Waals surface area contributed by atoms with Crippen molar-refractivity contribution in [1.82, 2.24) is 4.98 Å². The third-order valence-electron chi connectivity index (χ3n) is 5.66. The molecule has 0 saturated carbocycles. The van der Waals surface area contributed by atoms with E-state index < -0.39 is 39.5 Å². The lowest BCUT2D eigenvalue weighted by Crippen LogP contribution is -2.36. The summed E-state index contributed by atoms with van der Waals surface area (Å²) in [5.41, 5.74) is 1.23. The monoisotopic (exact) mass is 542 g/mol. The summed E-state index contributed by atoms with van der Waals surface area (Å²) in [4.78, 5) is 15.5. The molecule has 0 aliphatic rings. The number of carbonyl (C=O) groups is 1. The second kappa shape index (κ2) is 9.83. The lowest BCUT2D eigenvalue weighted by Gasteiger charge is -2.26. The second-order valence-electron chi connectivity index (χ2n) is 8.31. The maximum absolute atomic E-state index is 13.6. The predicted molar refractivity (Wildman–Crippen MR) is 142 cm³/mol. The van der Waals surface area contributed by atoms with Crippen molar-refractivity contribution in [2.45, 2.75) is 23.6 Å². The third-order valence-corrected chi connectivity index (χ3v) is 8.95. The zero-order chi connectivity index (χ0) is 29.5. The Morgan fingerprint density at radius 3 is 1.86 bits per heavy atom. The number of hydrogen-bond acceptors (Lipinski definition) is 6. The standard InChI is InChI=1S/C26H25N3O6S2/c1-18-8-12-20(13-9-18)36(32,33)28(3)24-16-27-26(23-7-5-4-6-22(23)24)29(17-25(30)31)37(34,35)21-14-10-19(2)11-15-21/h4-16H,17H2,1-3H3,(H,30,31)/i3D3. The number of carboxylic acids is 1. The van der Waals surface area contributed by atoms with E-state index in [0.717, 1.165) is 17.3 Å². The smallest absolute Gasteiger partial charge is 0.324 e. The number of pyridine rings is 1. The Kier molecular flexibility index (Phi) is 5.91. The van der Waals surface area contributed by atoms with Gasteiger partial charge in [0.2, 0.25) is 0 Å². The van der Waals surface area contributed by atoms with Gasteiger partial charge >= 0.3 is 5.97 Å². The van der Waals surface area contributed by atoms with Gasteiger partial charge in [-0.15, -0.1) is 0 Å². The van der Waals surface area contributed by atoms with Gasteiger partial charge in [0.05, 0.1) is 21.7 Å². The Morgan fingerprint density at radius 1 is 0.838 bits per heavy atom. The van der Waals surface area contributed by atoms with Crippen LogP contribution in [0.4, 0.5) is 11.5 Å². The first-order chi connectivity index (χ1) is 18.6. The first-order valence-corrected chi connectivity index (χ1v) is 13.8. The zero-order valence-corrected chi connectivity index (χ0v) is 21.5. The molecule has 0 bridgehead atoms. The summed E-state index contributed by atoms with van der Waals surface area (Å²) in [6.45, 7) is -0.663. The normalized spacial score (nSPS) is 13.4. The number of aromatic nitrogens is 1. The van der Waals surface area contributed by atoms with E-state index in [2.05, 4.69) is 4.98 Å². The Hall–Kier alpha value is -3.96. The number of nitrogens with zero attached hydrogens (tertiary/aromatic N) is 3. The minimum Gasteiger partial charge on any atom is -0.480 e. The summed E-state index contributed by atoms with van der Waals surface area (Å²) in [5, 5.41) is 9.65. The van der Waals surface area contributed by atoms with Crippen molar-refractivity contribution in [2.24, 2.45) is 0 Å². The van der Waals surface area contributed by atoms with Gasteiger partial charge in [-0.05, 0) is 38.1 Å². The van der Waals surface area contributed by atoms with Crippen LogP contribution in [0.2, 0.25) is 0 Å². The van der Waals surface area contributed by atoms with Crippen LogP contribution in [0.5, 0.6) is 0 Å². The van der Waals surface area contributed by atoms with Crippen molar-refractivity contribution < 1.29 is 30.8 Å². The van der Waals surface area contributed by atoms with E-state index in [1.54, 1.807) is 26.0 Å². The van der Waals surface area contributed by atoms with Crippen molar-refractivity contribution in [1.29, 1.82) is 0 Å². The van der Waals surface area contributed by atoms with Crippen molar-refractivity contribution in [3.05, 3.63) is 90.1 Å². The van der Waals surface area contributed by atoms with Crippen LogP contribution in [0.25, 0.3) is 10.8 Å². The van der Waals surface area contributed by atoms with Crippen LogP contribution >= 0.6 is 0 Å². The van der Waals surface area contributed by atoms with E-state index in [4.69, 9.17) is 4.11 Å². The zero-order valence-electron chi connectivity index (χ0n) is 22.9. The maximum Gasteiger partial charge on any atom is 0.324 e. The van der Waals surface area contributed by atoms with Gasteiger partial charge < -0.3 is 5.11 Å². The molecule has 0 atom stereocenters. The fourth-order valence-electron chi connectivity index (χ4n) is 3.70. The summed E-state index contributed by atoms with van der Waals surface area (Å²) >= 11 is 0. The lowest BCUT2D eigenvalue weighted by atomic mass is 10.1. The number of anilines is 2. The highest BCUT2D eigenvalue weighted by Crippen LogP contribution is 2.36. The number of aryl methyl sites for hydroxylation is 2. The van der Waals surface area contributed by atoms with Gasteiger partial charge in [0.25, 0.3) is 20.0 Å². The summed E-state index contributed by atoms with van der Waals surface area (Å²) in [6.07, 6.45) is 0.926. The second-order valence-corrected chi connectivity index (χ2v) is 12.0. The van der Waals surface area contributed by atoms with Crippen LogP contribution in [-0.2, 0) is 24.8 Å². The Bertz CT molecular complexity index is 1790. The summed E-state index contributed by atoms with van der Waals surface area (Å²) < 4.78 is 79.5. The fourth-order valence-corrected chi connectivity index (χ4v) is 6.19. The van der Waals surface area contributed by atoms with Gasteiger partial charge in [0, 0.05) is 21.9 Å². The van der Waals surface area contributed by atoms with E-state index in [1.165, 1.54) is 60.7 Å². The molecule has 1 aromatic heterocycles. The van der Waals surface area contributed by atoms with E-state index in [0.29, 0.717) is 4.31 Å². The molecular weight excluding hydrogens is 514 g/mol. The molecule has 0 unspecified atom stereocenters. The first kappa shape index (κ1) is 22.3. The molecule has 192 valence electrons. The number of fused-ring (bicyclic) bond motifs is 1. The number of benzene rings is 3. The molecule has 0 radical (unpaired) electrons. The molecule has 3 aromatic carbocycles. The average molecular weight is 543 g/mol. The molecule has 4 rings (SSSR count). The van der Waals surface area contributed by atoms with Crippen LogP contribution in [0.1, 0.15) is 15.2 Å². The highest BCUT2D eigenvalue weighted by molar-refractivity contribution is 7.93. The minimum absolute atomic E-state index is 0.0327. The Balaban J connectivity index is 1.97. The molecule has 1 heterocycles. The molecule has 37 heavy (non-hydrogen) atoms. The molecule has 0 saturated heterocycles. The Labute approximate surface area is 219 Å². The number of carboxylic acid groups (broad SMARTS) is 1. The predicted octanol–water partition coefficient (Wildman–Crippen LogP) is 3.96. The lowest BCUT2D eigenvalue weighted by molar-refractivity contribution is -0.135. The topological polar surface area (TPSA) is 125 Å². The minimum atomic E-state index is -4.64. The molecule has 0 aliphatic carbocycles. The van der Waals surface area contributed by atoms with Crippen LogP contribution in [-0.4, -0.2) is 46.4 Å². The van der Waals surface area contributed by atoms with Crippen LogP contribution in [0.15, 0.2) is 88.8 Å². The third kappa shape index (κ3) is 5.00. The number of hydrogen-bond donors (Lipinski definition) is 1. The summed E-state index contributed by atoms with van der Waals surface area (Å²) in [7, 11) is -9.09. The van der Waals surface area contributed by atoms with Gasteiger partial charge in [0.15, 0.2) is 5.82 Å². The van der Waals surface area contributed by atoms with E-state index >= 15 is 0 Å². The summed E-state index contributed by atoms with van der Waals surface area (Å²) in [6, 6.07) is 17.3. The SMILES string of the molecule is [2H]C([2H])([2H])N(c1cnc(N(CC(=O)O)S(=O)(=O)c2ccc(C)cc2)c2ccccc12)S(=O)(=O)c1ccc(C)cc1. The van der Waals surface area contributed by atoms with Gasteiger partial charge in [-0.25, -0.2) is 26.1 Å². The molecule has 9 nitrogen and oxygen atoms in total. The Morgan fingerprint density at radius 2 is 1.35 bits per heavy atom.